The highest BCUT2D eigenvalue weighted by Gasteiger charge is 2.80. The number of esters is 5. The zero-order chi connectivity index (χ0) is 69.4. The number of ether oxygens (including phenoxy) is 6. The molecule has 4 N–H and O–H groups in total. The molecule has 1 aromatic heterocycles. The minimum atomic E-state index is -2.41. The molecule has 11 rings (SSSR count). The van der Waals surface area contributed by atoms with Gasteiger partial charge in [0.15, 0.2) is 12.1 Å². The molecule has 2 saturated heterocycles. The molecular weight excluding hydrogens is 1240 g/mol. The van der Waals surface area contributed by atoms with Crippen molar-refractivity contribution < 1.29 is 76.4 Å². The summed E-state index contributed by atoms with van der Waals surface area (Å²) in [6, 6.07) is 23.7. The van der Waals surface area contributed by atoms with Crippen LogP contribution in [0.3, 0.4) is 0 Å². The summed E-state index contributed by atoms with van der Waals surface area (Å²) in [4.78, 5) is 127. The van der Waals surface area contributed by atoms with Crippen LogP contribution in [-0.4, -0.2) is 188 Å². The predicted molar refractivity (Wildman–Crippen MR) is 360 cm³/mol. The Morgan fingerprint density at radius 1 is 0.804 bits per heavy atom. The molecule has 6 heterocycles. The van der Waals surface area contributed by atoms with E-state index in [2.05, 4.69) is 34.5 Å². The number of amides is 3. The summed E-state index contributed by atoms with van der Waals surface area (Å²) in [7, 11) is 8.03. The molecule has 0 bridgehead atoms. The van der Waals surface area contributed by atoms with E-state index in [1.807, 2.05) is 98.6 Å². The van der Waals surface area contributed by atoms with E-state index in [0.29, 0.717) is 110 Å². The number of likely N-dealkylation sites (tertiary alicyclic amines) is 1. The van der Waals surface area contributed by atoms with E-state index in [9.17, 15) is 29.1 Å². The molecule has 5 aromatic rings. The molecule has 5 aliphatic heterocycles. The number of hydrogen-bond donors (Lipinski definition) is 4. The van der Waals surface area contributed by atoms with Crippen molar-refractivity contribution in [3.8, 4) is 5.75 Å². The van der Waals surface area contributed by atoms with E-state index in [0.717, 1.165) is 16.5 Å². The second-order valence-corrected chi connectivity index (χ2v) is 27.7. The molecule has 97 heavy (non-hydrogen) atoms. The topological polar surface area (TPSA) is 262 Å². The first kappa shape index (κ1) is 69.7. The Morgan fingerprint density at radius 2 is 1.48 bits per heavy atom. The van der Waals surface area contributed by atoms with Gasteiger partial charge in [-0.15, -0.1) is 0 Å². The van der Waals surface area contributed by atoms with E-state index in [1.54, 1.807) is 55.3 Å². The fourth-order valence-electron chi connectivity index (χ4n) is 17.8. The molecule has 6 aliphatic rings. The minimum Gasteiger partial charge on any atom is -0.496 e. The van der Waals surface area contributed by atoms with E-state index in [4.69, 9.17) is 28.4 Å². The Kier molecular flexibility index (Phi) is 20.2. The lowest BCUT2D eigenvalue weighted by molar-refractivity contribution is -0.925. The molecule has 3 fully saturated rings. The number of H-pyrrole nitrogens is 1. The Bertz CT molecular complexity index is 3840. The van der Waals surface area contributed by atoms with Crippen LogP contribution in [-0.2, 0) is 92.5 Å². The molecule has 0 radical (unpaired) electrons. The largest absolute Gasteiger partial charge is 0.496 e. The van der Waals surface area contributed by atoms with Crippen LogP contribution in [0.15, 0.2) is 109 Å². The van der Waals surface area contributed by atoms with E-state index in [-0.39, 0.29) is 43.0 Å². The second-order valence-electron chi connectivity index (χ2n) is 27.7. The third-order valence-electron chi connectivity index (χ3n) is 22.4. The van der Waals surface area contributed by atoms with Crippen LogP contribution in [0.25, 0.3) is 10.9 Å². The number of aromatic amines is 1. The van der Waals surface area contributed by atoms with Crippen molar-refractivity contribution >= 4 is 64.2 Å². The van der Waals surface area contributed by atoms with Crippen LogP contribution < -0.4 is 20.3 Å². The van der Waals surface area contributed by atoms with Gasteiger partial charge in [-0.25, -0.2) is 9.59 Å². The van der Waals surface area contributed by atoms with Crippen molar-refractivity contribution in [1.29, 1.82) is 0 Å². The van der Waals surface area contributed by atoms with Crippen molar-refractivity contribution in [3.63, 3.8) is 0 Å². The lowest BCUT2D eigenvalue weighted by Crippen LogP contribution is -2.81. The number of quaternary nitrogens is 1. The lowest BCUT2D eigenvalue weighted by atomic mass is 9.47. The monoisotopic (exact) mass is 1330 g/mol. The highest BCUT2D eigenvalue weighted by molar-refractivity contribution is 5.98. The van der Waals surface area contributed by atoms with Gasteiger partial charge in [0.05, 0.1) is 53.9 Å². The van der Waals surface area contributed by atoms with Gasteiger partial charge in [0.2, 0.25) is 17.4 Å². The van der Waals surface area contributed by atoms with Gasteiger partial charge in [-0.1, -0.05) is 125 Å². The molecule has 1 unspecified atom stereocenters. The van der Waals surface area contributed by atoms with Gasteiger partial charge in [0, 0.05) is 84.3 Å². The molecule has 518 valence electrons. The molecule has 13 atom stereocenters. The number of rotatable bonds is 22. The molecule has 22 heteroatoms. The maximum Gasteiger partial charge on any atom is 0.344 e. The number of hydrogen-bond acceptors (Lipinski definition) is 17. The summed E-state index contributed by atoms with van der Waals surface area (Å²) in [5, 5.41) is 20.1. The molecular formula is C75H94N7O15+. The van der Waals surface area contributed by atoms with Crippen molar-refractivity contribution in [3.05, 3.63) is 143 Å². The number of anilines is 1. The first-order valence-corrected chi connectivity index (χ1v) is 34.3. The van der Waals surface area contributed by atoms with E-state index in [1.165, 1.54) is 21.1 Å². The zero-order valence-electron chi connectivity index (χ0n) is 57.5. The number of carbonyl (C=O) groups excluding carboxylic acids is 8. The summed E-state index contributed by atoms with van der Waals surface area (Å²) in [5.41, 5.74) is -0.980. The van der Waals surface area contributed by atoms with Crippen molar-refractivity contribution in [2.45, 2.75) is 171 Å². The number of aliphatic hydroxyl groups is 1. The highest BCUT2D eigenvalue weighted by atomic mass is 16.6. The van der Waals surface area contributed by atoms with Gasteiger partial charge in [-0.2, -0.15) is 0 Å². The number of nitrogens with one attached hydrogen (secondary N) is 3. The van der Waals surface area contributed by atoms with Crippen LogP contribution in [0, 0.1) is 11.3 Å². The maximum atomic E-state index is 16.3. The zero-order valence-corrected chi connectivity index (χ0v) is 57.5. The van der Waals surface area contributed by atoms with Crippen molar-refractivity contribution in [2.75, 3.05) is 73.0 Å². The molecule has 4 aromatic carbocycles. The van der Waals surface area contributed by atoms with Gasteiger partial charge in [0.1, 0.15) is 42.5 Å². The summed E-state index contributed by atoms with van der Waals surface area (Å²) >= 11 is 0. The molecule has 1 saturated carbocycles. The molecule has 3 amide bonds. The van der Waals surface area contributed by atoms with Crippen LogP contribution in [0.5, 0.6) is 5.75 Å². The molecule has 1 aliphatic carbocycles. The lowest BCUT2D eigenvalue weighted by Gasteiger charge is -2.63. The van der Waals surface area contributed by atoms with E-state index >= 15 is 14.4 Å². The van der Waals surface area contributed by atoms with E-state index < -0.39 is 118 Å². The first-order chi connectivity index (χ1) is 46.6. The summed E-state index contributed by atoms with van der Waals surface area (Å²) in [6.07, 6.45) is 5.55. The fraction of sp³-hybridized carbons (Fsp3) is 0.520. The Labute approximate surface area is 567 Å². The van der Waals surface area contributed by atoms with Crippen LogP contribution in [0.1, 0.15) is 126 Å². The predicted octanol–water partition coefficient (Wildman–Crippen LogP) is 7.03. The first-order valence-electron chi connectivity index (χ1n) is 34.3. The normalized spacial score (nSPS) is 28.0. The summed E-state index contributed by atoms with van der Waals surface area (Å²) in [5.74, 6) is -5.48. The number of para-hydroxylation sites is 1. The fourth-order valence-corrected chi connectivity index (χ4v) is 17.8. The minimum absolute atomic E-state index is 0.0601. The number of likely N-dealkylation sites (N-methyl/N-ethyl adjacent to an activating group) is 2. The number of fused-ring (bicyclic) bond motifs is 4. The third kappa shape index (κ3) is 12.0. The number of carbonyl (C=O) groups is 8. The summed E-state index contributed by atoms with van der Waals surface area (Å²) < 4.78 is 35.8. The number of aromatic nitrogens is 1. The van der Waals surface area contributed by atoms with Gasteiger partial charge < -0.3 is 63.4 Å². The Hall–Kier alpha value is -8.60. The maximum absolute atomic E-state index is 16.3. The van der Waals surface area contributed by atoms with Crippen LogP contribution >= 0.6 is 0 Å². The van der Waals surface area contributed by atoms with Crippen molar-refractivity contribution in [2.24, 2.45) is 11.3 Å². The number of methoxy groups -OCH3 is 3. The van der Waals surface area contributed by atoms with Gasteiger partial charge in [0.25, 0.3) is 5.91 Å². The van der Waals surface area contributed by atoms with Crippen LogP contribution in [0.2, 0.25) is 0 Å². The van der Waals surface area contributed by atoms with Crippen molar-refractivity contribution in [1.82, 2.24) is 25.4 Å². The number of nitrogens with zero attached hydrogens (tertiary/aromatic N) is 4. The Morgan fingerprint density at radius 3 is 2.13 bits per heavy atom. The Balaban J connectivity index is 0.960. The average molecular weight is 1330 g/mol. The summed E-state index contributed by atoms with van der Waals surface area (Å²) in [6.45, 7) is 11.2. The standard InChI is InChI=1S/C75H93N7O15/c1-11-38-82(7)39-24-33-73(70(89)93-9,53-41-52-57(43-59(53)92-8)79(6)68-74(52)34-37-80-35-23-32-72(13-3,67(74)80)69(97-47(5)83)75(68,91)71(90)94-10)62-51(50-29-20-21-30-54(50)76-62)40-58(82)65(87)81-36-22-31-56(81)63(85)78-61(46(4)12-2)64(86)77-55(66(88)96-45-49-27-18-15-19-28-49)42-60(84)95-44-48-25-16-14-17-26-48/h14-21,23,25-30,32,41,43,46,55-56,58,61,67-69,76,91H,11-13,22,24,31,33-40,42,44-45H2,1-10H3,(H-,77,78,85,86)/p+1/t46-,55-,56-,58-,61-,67-,68+,69+,72+,73-,74+,75-,82?/m0/s1. The van der Waals surface area contributed by atoms with Gasteiger partial charge in [-0.3, -0.25) is 33.7 Å². The average Bonchev–Trinajstić information content (AvgIpc) is 1.52. The number of benzene rings is 4. The van der Waals surface area contributed by atoms with Gasteiger partial charge in [-0.05, 0) is 91.8 Å². The molecule has 22 nitrogen and oxygen atoms in total. The smallest absolute Gasteiger partial charge is 0.344 e. The third-order valence-corrected chi connectivity index (χ3v) is 22.4. The van der Waals surface area contributed by atoms with Crippen LogP contribution in [0.4, 0.5) is 5.69 Å². The quantitative estimate of drug-likeness (QED) is 0.0235. The van der Waals surface area contributed by atoms with Gasteiger partial charge >= 0.3 is 29.8 Å². The molecule has 1 spiro atoms. The SMILES string of the molecule is CCC[N+]1(C)CCC[C@](C(=O)OC)(c2cc3c(cc2OC)N(C)[C@H]2[C@@](O)(C(=O)OC)[C@H](OC(C)=O)[C@]4(CC)C=CCN5CC[C@]32[C@@H]54)c2[nH]c3ccccc3c2C[C@H]1C(=O)N1CCC[C@H]1C(=O)N[C@H](C(=O)N[C@@H](CC(=O)OCc1ccccc1)C(=O)OCc1ccccc1)[C@@H](C)CC. The highest BCUT2D eigenvalue weighted by Crippen LogP contribution is 2.68. The second kappa shape index (κ2) is 28.1.